The quantitative estimate of drug-likeness (QED) is 0.799. The molecule has 1 N–H and O–H groups in total. The van der Waals surface area contributed by atoms with Gasteiger partial charge in [-0.15, -0.1) is 0 Å². The van der Waals surface area contributed by atoms with Gasteiger partial charge in [-0.2, -0.15) is 10.4 Å². The molecule has 0 saturated carbocycles. The normalized spacial score (nSPS) is 11.2. The first-order valence-electron chi connectivity index (χ1n) is 5.62. The van der Waals surface area contributed by atoms with Crippen molar-refractivity contribution >= 4 is 12.2 Å². The molecular formula is C13H14N4S. The first kappa shape index (κ1) is 12.5. The summed E-state index contributed by atoms with van der Waals surface area (Å²) in [5.74, 6) is 0.754. The summed E-state index contributed by atoms with van der Waals surface area (Å²) in [6.07, 6.45) is 0. The van der Waals surface area contributed by atoms with Crippen LogP contribution < -0.4 is 0 Å². The summed E-state index contributed by atoms with van der Waals surface area (Å²) in [4.78, 5) is 0. The van der Waals surface area contributed by atoms with E-state index in [1.165, 1.54) is 0 Å². The molecule has 0 spiro atoms. The average Bonchev–Trinajstić information content (AvgIpc) is 2.71. The average molecular weight is 258 g/mol. The fourth-order valence-corrected chi connectivity index (χ4v) is 2.25. The lowest BCUT2D eigenvalue weighted by molar-refractivity contribution is 0.395. The van der Waals surface area contributed by atoms with Crippen LogP contribution in [0, 0.1) is 16.1 Å². The molecule has 0 radical (unpaired) electrons. The molecule has 0 bridgehead atoms. The number of aromatic amines is 1. The zero-order valence-electron chi connectivity index (χ0n) is 10.6. The second-order valence-corrected chi connectivity index (χ2v) is 5.44. The number of hydrogen-bond acceptors (Lipinski definition) is 3. The van der Waals surface area contributed by atoms with Crippen LogP contribution in [0.4, 0.5) is 0 Å². The van der Waals surface area contributed by atoms with Crippen LogP contribution in [0.15, 0.2) is 24.3 Å². The van der Waals surface area contributed by atoms with Crippen LogP contribution in [0.3, 0.4) is 0 Å². The predicted octanol–water partition coefficient (Wildman–Crippen LogP) is 3.23. The highest BCUT2D eigenvalue weighted by molar-refractivity contribution is 7.71. The molecule has 0 fully saturated rings. The molecule has 1 aromatic carbocycles. The summed E-state index contributed by atoms with van der Waals surface area (Å²) < 4.78 is 2.54. The van der Waals surface area contributed by atoms with Crippen molar-refractivity contribution in [1.82, 2.24) is 14.8 Å². The van der Waals surface area contributed by atoms with Gasteiger partial charge in [0, 0.05) is 11.1 Å². The Kier molecular flexibility index (Phi) is 3.05. The van der Waals surface area contributed by atoms with E-state index in [-0.39, 0.29) is 5.54 Å². The highest BCUT2D eigenvalue weighted by atomic mass is 32.1. The molecule has 0 aliphatic heterocycles. The third kappa shape index (κ3) is 2.20. The molecule has 1 aromatic heterocycles. The van der Waals surface area contributed by atoms with E-state index in [0.717, 1.165) is 11.4 Å². The maximum atomic E-state index is 8.94. The van der Waals surface area contributed by atoms with Crippen molar-refractivity contribution in [3.8, 4) is 17.5 Å². The van der Waals surface area contributed by atoms with Crippen molar-refractivity contribution in [3.05, 3.63) is 34.6 Å². The van der Waals surface area contributed by atoms with Crippen LogP contribution in [0.1, 0.15) is 26.3 Å². The second kappa shape index (κ2) is 4.39. The summed E-state index contributed by atoms with van der Waals surface area (Å²) in [7, 11) is 0. The van der Waals surface area contributed by atoms with Gasteiger partial charge in [-0.25, -0.2) is 0 Å². The Morgan fingerprint density at radius 3 is 2.72 bits per heavy atom. The predicted molar refractivity (Wildman–Crippen MR) is 72.6 cm³/mol. The molecular weight excluding hydrogens is 244 g/mol. The molecule has 2 rings (SSSR count). The topological polar surface area (TPSA) is 57.4 Å². The maximum Gasteiger partial charge on any atom is 0.195 e. The van der Waals surface area contributed by atoms with E-state index in [9.17, 15) is 0 Å². The van der Waals surface area contributed by atoms with Gasteiger partial charge in [-0.05, 0) is 45.1 Å². The summed E-state index contributed by atoms with van der Waals surface area (Å²) >= 11 is 5.26. The lowest BCUT2D eigenvalue weighted by Crippen LogP contribution is -2.22. The highest BCUT2D eigenvalue weighted by Crippen LogP contribution is 2.24. The van der Waals surface area contributed by atoms with Crippen LogP contribution in [-0.2, 0) is 5.54 Å². The van der Waals surface area contributed by atoms with Gasteiger partial charge in [-0.3, -0.25) is 9.67 Å². The number of aromatic nitrogens is 3. The third-order valence-corrected chi connectivity index (χ3v) is 2.87. The van der Waals surface area contributed by atoms with Gasteiger partial charge < -0.3 is 0 Å². The summed E-state index contributed by atoms with van der Waals surface area (Å²) in [5, 5.41) is 16.0. The number of rotatable bonds is 1. The molecule has 0 saturated heterocycles. The summed E-state index contributed by atoms with van der Waals surface area (Å²) in [6, 6.07) is 9.48. The summed E-state index contributed by atoms with van der Waals surface area (Å²) in [6.45, 7) is 6.20. The van der Waals surface area contributed by atoms with Crippen molar-refractivity contribution in [2.75, 3.05) is 0 Å². The number of nitriles is 1. The smallest absolute Gasteiger partial charge is 0.195 e. The molecule has 0 amide bonds. The van der Waals surface area contributed by atoms with Crippen LogP contribution in [-0.4, -0.2) is 14.8 Å². The van der Waals surface area contributed by atoms with Gasteiger partial charge in [0.15, 0.2) is 10.6 Å². The molecule has 1 heterocycles. The zero-order chi connectivity index (χ0) is 13.3. The molecule has 0 aliphatic carbocycles. The third-order valence-electron chi connectivity index (χ3n) is 2.59. The van der Waals surface area contributed by atoms with Gasteiger partial charge in [0.25, 0.3) is 0 Å². The fourth-order valence-electron chi connectivity index (χ4n) is 1.84. The van der Waals surface area contributed by atoms with Crippen LogP contribution >= 0.6 is 12.2 Å². The minimum Gasteiger partial charge on any atom is -0.295 e. The van der Waals surface area contributed by atoms with E-state index in [4.69, 9.17) is 17.5 Å². The van der Waals surface area contributed by atoms with E-state index >= 15 is 0 Å². The molecule has 0 atom stereocenters. The Hall–Kier alpha value is -1.93. The van der Waals surface area contributed by atoms with Crippen molar-refractivity contribution in [1.29, 1.82) is 5.26 Å². The molecule has 92 valence electrons. The molecule has 4 nitrogen and oxygen atoms in total. The lowest BCUT2D eigenvalue weighted by Gasteiger charge is -2.22. The monoisotopic (exact) mass is 258 g/mol. The number of nitrogens with one attached hydrogen (secondary N) is 1. The minimum absolute atomic E-state index is 0.165. The van der Waals surface area contributed by atoms with Gasteiger partial charge in [0.05, 0.1) is 11.6 Å². The number of nitrogens with zero attached hydrogens (tertiary/aromatic N) is 3. The van der Waals surface area contributed by atoms with Gasteiger partial charge in [-0.1, -0.05) is 12.1 Å². The Morgan fingerprint density at radius 2 is 2.11 bits per heavy atom. The number of hydrogen-bond donors (Lipinski definition) is 1. The first-order valence-corrected chi connectivity index (χ1v) is 6.03. The summed E-state index contributed by atoms with van der Waals surface area (Å²) in [5.41, 5.74) is 1.33. The Morgan fingerprint density at radius 1 is 1.39 bits per heavy atom. The van der Waals surface area contributed by atoms with Crippen molar-refractivity contribution in [2.24, 2.45) is 0 Å². The molecule has 2 aromatic rings. The van der Waals surface area contributed by atoms with Gasteiger partial charge >= 0.3 is 0 Å². The minimum atomic E-state index is -0.165. The zero-order valence-corrected chi connectivity index (χ0v) is 11.4. The number of H-pyrrole nitrogens is 1. The van der Waals surface area contributed by atoms with E-state index in [2.05, 4.69) is 37.0 Å². The van der Waals surface area contributed by atoms with E-state index in [1.54, 1.807) is 6.07 Å². The largest absolute Gasteiger partial charge is 0.295 e. The van der Waals surface area contributed by atoms with E-state index < -0.39 is 0 Å². The molecule has 0 unspecified atom stereocenters. The number of benzene rings is 1. The van der Waals surface area contributed by atoms with Crippen LogP contribution in [0.5, 0.6) is 0 Å². The van der Waals surface area contributed by atoms with E-state index in [0.29, 0.717) is 10.3 Å². The first-order chi connectivity index (χ1) is 8.43. The fraction of sp³-hybridized carbons (Fsp3) is 0.308. The lowest BCUT2D eigenvalue weighted by atomic mass is 10.1. The molecule has 5 heteroatoms. The van der Waals surface area contributed by atoms with Gasteiger partial charge in [0.2, 0.25) is 0 Å². The van der Waals surface area contributed by atoms with Crippen molar-refractivity contribution < 1.29 is 0 Å². The van der Waals surface area contributed by atoms with Crippen LogP contribution in [0.2, 0.25) is 0 Å². The van der Waals surface area contributed by atoms with Crippen molar-refractivity contribution in [3.63, 3.8) is 0 Å². The van der Waals surface area contributed by atoms with E-state index in [1.807, 2.05) is 22.8 Å². The highest BCUT2D eigenvalue weighted by Gasteiger charge is 2.20. The Balaban J connectivity index is 2.66. The van der Waals surface area contributed by atoms with Crippen molar-refractivity contribution in [2.45, 2.75) is 26.3 Å². The van der Waals surface area contributed by atoms with Crippen LogP contribution in [0.25, 0.3) is 11.4 Å². The Labute approximate surface area is 111 Å². The Bertz CT molecular complexity index is 667. The second-order valence-electron chi connectivity index (χ2n) is 5.05. The SMILES string of the molecule is CC(C)(C)n1c(-c2cccc(C#N)c2)n[nH]c1=S. The standard InChI is InChI=1S/C13H14N4S/c1-13(2,3)17-11(15-16-12(17)18)10-6-4-5-9(7-10)8-14/h4-7H,1-3H3,(H,16,18). The molecule has 0 aliphatic rings. The molecule has 18 heavy (non-hydrogen) atoms. The maximum absolute atomic E-state index is 8.94. The van der Waals surface area contributed by atoms with Gasteiger partial charge in [0.1, 0.15) is 0 Å².